The van der Waals surface area contributed by atoms with Crippen LogP contribution < -0.4 is 10.6 Å². The van der Waals surface area contributed by atoms with Crippen LogP contribution >= 0.6 is 0 Å². The van der Waals surface area contributed by atoms with Gasteiger partial charge in [-0.15, -0.1) is 0 Å². The molecule has 11 heteroatoms. The number of hydrogen-bond acceptors (Lipinski definition) is 5. The van der Waals surface area contributed by atoms with Gasteiger partial charge in [0.05, 0.1) is 11.6 Å². The molecule has 0 aliphatic rings. The summed E-state index contributed by atoms with van der Waals surface area (Å²) in [6.07, 6.45) is -7.61. The molecule has 0 aromatic heterocycles. The third kappa shape index (κ3) is 8.60. The number of carbonyl (C=O) groups is 3. The molecule has 0 bridgehead atoms. The summed E-state index contributed by atoms with van der Waals surface area (Å²) in [7, 11) is 0. The lowest BCUT2D eigenvalue weighted by Gasteiger charge is -2.27. The summed E-state index contributed by atoms with van der Waals surface area (Å²) < 4.78 is 44.3. The zero-order valence-corrected chi connectivity index (χ0v) is 19.3. The van der Waals surface area contributed by atoms with E-state index in [1.165, 1.54) is 0 Å². The molecule has 8 nitrogen and oxygen atoms in total. The van der Waals surface area contributed by atoms with E-state index in [0.29, 0.717) is 11.6 Å². The smallest absolute Gasteiger partial charge is 0.416 e. The maximum atomic E-state index is 13.0. The van der Waals surface area contributed by atoms with Gasteiger partial charge in [0.1, 0.15) is 5.60 Å². The van der Waals surface area contributed by atoms with Crippen LogP contribution in [0.3, 0.4) is 0 Å². The molecule has 0 radical (unpaired) electrons. The number of alkyl carbamates (subject to hydrolysis) is 1. The Hall–Kier alpha value is -3.60. The first-order chi connectivity index (χ1) is 16.2. The van der Waals surface area contributed by atoms with E-state index in [9.17, 15) is 37.8 Å². The molecule has 4 N–H and O–H groups in total. The average molecular weight is 496 g/mol. The average Bonchev–Trinajstić information content (AvgIpc) is 2.75. The lowest BCUT2D eigenvalue weighted by atomic mass is 9.99. The first-order valence-corrected chi connectivity index (χ1v) is 10.6. The van der Waals surface area contributed by atoms with Crippen molar-refractivity contribution in [3.8, 4) is 0 Å². The molecule has 0 spiro atoms. The van der Waals surface area contributed by atoms with E-state index >= 15 is 0 Å². The maximum absolute atomic E-state index is 13.0. The third-order valence-corrected chi connectivity index (χ3v) is 4.73. The van der Waals surface area contributed by atoms with Crippen molar-refractivity contribution in [1.82, 2.24) is 10.6 Å². The molecule has 35 heavy (non-hydrogen) atoms. The number of hydrogen-bond donors (Lipinski definition) is 4. The highest BCUT2D eigenvalue weighted by Crippen LogP contribution is 2.31. The lowest BCUT2D eigenvalue weighted by molar-refractivity contribution is -0.144. The van der Waals surface area contributed by atoms with Crippen LogP contribution in [0.25, 0.3) is 0 Å². The Kier molecular flexibility index (Phi) is 8.86. The molecule has 2 amide bonds. The minimum Gasteiger partial charge on any atom is -0.479 e. The number of carbonyl (C=O) groups excluding carboxylic acids is 2. The molecule has 1 unspecified atom stereocenters. The van der Waals surface area contributed by atoms with Crippen LogP contribution in [0.5, 0.6) is 0 Å². The topological polar surface area (TPSA) is 125 Å². The van der Waals surface area contributed by atoms with Crippen molar-refractivity contribution in [3.63, 3.8) is 0 Å². The largest absolute Gasteiger partial charge is 0.479 e. The molecule has 2 aromatic rings. The molecule has 2 rings (SSSR count). The number of halogens is 3. The minimum atomic E-state index is -4.72. The van der Waals surface area contributed by atoms with Gasteiger partial charge in [-0.05, 0) is 50.5 Å². The highest BCUT2D eigenvalue weighted by Gasteiger charge is 2.35. The Bertz CT molecular complexity index is 1040. The fourth-order valence-corrected chi connectivity index (χ4v) is 3.16. The number of carboxylic acids is 1. The molecule has 0 fully saturated rings. The van der Waals surface area contributed by atoms with Gasteiger partial charge in [-0.3, -0.25) is 4.79 Å². The summed E-state index contributed by atoms with van der Waals surface area (Å²) in [4.78, 5) is 36.8. The van der Waals surface area contributed by atoms with Crippen molar-refractivity contribution in [2.45, 2.75) is 57.2 Å². The molecule has 2 aromatic carbocycles. The van der Waals surface area contributed by atoms with E-state index in [-0.39, 0.29) is 12.0 Å². The van der Waals surface area contributed by atoms with Gasteiger partial charge in [0.15, 0.2) is 12.1 Å². The summed E-state index contributed by atoms with van der Waals surface area (Å²) in [6, 6.07) is 8.93. The van der Waals surface area contributed by atoms with Crippen LogP contribution in [0.2, 0.25) is 0 Å². The molecule has 190 valence electrons. The van der Waals surface area contributed by atoms with Crippen LogP contribution in [0.1, 0.15) is 43.5 Å². The molecule has 0 heterocycles. The van der Waals surface area contributed by atoms with Crippen molar-refractivity contribution in [2.24, 2.45) is 0 Å². The third-order valence-electron chi connectivity index (χ3n) is 4.73. The van der Waals surface area contributed by atoms with Crippen molar-refractivity contribution in [1.29, 1.82) is 0 Å². The number of aliphatic hydroxyl groups is 1. The Morgan fingerprint density at radius 3 is 2.14 bits per heavy atom. The number of benzene rings is 2. The lowest BCUT2D eigenvalue weighted by Crippen LogP contribution is -2.53. The highest BCUT2D eigenvalue weighted by molar-refractivity contribution is 5.88. The van der Waals surface area contributed by atoms with Crippen LogP contribution in [-0.2, 0) is 26.9 Å². The highest BCUT2D eigenvalue weighted by atomic mass is 19.4. The second-order valence-corrected chi connectivity index (χ2v) is 8.79. The monoisotopic (exact) mass is 496 g/mol. The van der Waals surface area contributed by atoms with Crippen LogP contribution in [-0.4, -0.2) is 45.9 Å². The second kappa shape index (κ2) is 11.2. The SMILES string of the molecule is CC(C)(C)OC(=O)N[C@H](Cc1ccccc1)[C@H](O)C(=O)NC(C(=O)O)c1cccc(C(F)(F)F)c1. The van der Waals surface area contributed by atoms with Gasteiger partial charge >= 0.3 is 18.2 Å². The number of alkyl halides is 3. The second-order valence-electron chi connectivity index (χ2n) is 8.79. The minimum absolute atomic E-state index is 0.0179. The molecular weight excluding hydrogens is 469 g/mol. The number of nitrogens with one attached hydrogen (secondary N) is 2. The maximum Gasteiger partial charge on any atom is 0.416 e. The normalized spacial score (nSPS) is 14.4. The van der Waals surface area contributed by atoms with E-state index in [2.05, 4.69) is 10.6 Å². The number of carboxylic acid groups (broad SMARTS) is 1. The van der Waals surface area contributed by atoms with E-state index in [1.807, 2.05) is 0 Å². The number of aliphatic carboxylic acids is 1. The van der Waals surface area contributed by atoms with Crippen molar-refractivity contribution in [2.75, 3.05) is 0 Å². The number of ether oxygens (including phenoxy) is 1. The van der Waals surface area contributed by atoms with E-state index in [4.69, 9.17) is 4.74 Å². The fourth-order valence-electron chi connectivity index (χ4n) is 3.16. The first-order valence-electron chi connectivity index (χ1n) is 10.6. The van der Waals surface area contributed by atoms with Crippen molar-refractivity contribution < 1.29 is 42.5 Å². The van der Waals surface area contributed by atoms with Crippen LogP contribution in [0, 0.1) is 0 Å². The fraction of sp³-hybridized carbons (Fsp3) is 0.375. The van der Waals surface area contributed by atoms with Crippen LogP contribution in [0.4, 0.5) is 18.0 Å². The Balaban J connectivity index is 2.27. The van der Waals surface area contributed by atoms with Gasteiger partial charge in [-0.1, -0.05) is 42.5 Å². The van der Waals surface area contributed by atoms with E-state index < -0.39 is 53.5 Å². The Morgan fingerprint density at radius 2 is 1.60 bits per heavy atom. The van der Waals surface area contributed by atoms with Crippen LogP contribution in [0.15, 0.2) is 54.6 Å². The Morgan fingerprint density at radius 1 is 0.971 bits per heavy atom. The van der Waals surface area contributed by atoms with Crippen molar-refractivity contribution in [3.05, 3.63) is 71.3 Å². The van der Waals surface area contributed by atoms with Gasteiger partial charge < -0.3 is 25.6 Å². The summed E-state index contributed by atoms with van der Waals surface area (Å²) >= 11 is 0. The molecule has 3 atom stereocenters. The molecule has 0 saturated carbocycles. The van der Waals surface area contributed by atoms with Gasteiger partial charge in [0.2, 0.25) is 0 Å². The molecule has 0 aliphatic carbocycles. The van der Waals surface area contributed by atoms with Gasteiger partial charge in [-0.2, -0.15) is 13.2 Å². The number of rotatable bonds is 8. The predicted molar refractivity (Wildman–Crippen MR) is 119 cm³/mol. The summed E-state index contributed by atoms with van der Waals surface area (Å²) in [6.45, 7) is 4.86. The first kappa shape index (κ1) is 27.6. The molecule has 0 aliphatic heterocycles. The molecule has 0 saturated heterocycles. The van der Waals surface area contributed by atoms with Crippen molar-refractivity contribution >= 4 is 18.0 Å². The zero-order chi connectivity index (χ0) is 26.4. The molecular formula is C24H27F3N2O6. The standard InChI is InChI=1S/C24H27F3N2O6/c1-23(2,3)35-22(34)28-17(12-14-8-5-4-6-9-14)19(30)20(31)29-18(21(32)33)15-10-7-11-16(13-15)24(25,26)27/h4-11,13,17-19,30H,12H2,1-3H3,(H,28,34)(H,29,31)(H,32,33)/t17-,18?,19+/m1/s1. The van der Waals surface area contributed by atoms with E-state index in [0.717, 1.165) is 18.2 Å². The number of amides is 2. The summed E-state index contributed by atoms with van der Waals surface area (Å²) in [5.41, 5.74) is -1.66. The summed E-state index contributed by atoms with van der Waals surface area (Å²) in [5.74, 6) is -2.84. The number of aliphatic hydroxyl groups excluding tert-OH is 1. The van der Waals surface area contributed by atoms with Gasteiger partial charge in [0, 0.05) is 0 Å². The van der Waals surface area contributed by atoms with E-state index in [1.54, 1.807) is 51.1 Å². The Labute approximate surface area is 200 Å². The van der Waals surface area contributed by atoms with Gasteiger partial charge in [0.25, 0.3) is 5.91 Å². The van der Waals surface area contributed by atoms with Gasteiger partial charge in [-0.25, -0.2) is 9.59 Å². The quantitative estimate of drug-likeness (QED) is 0.444. The zero-order valence-electron chi connectivity index (χ0n) is 19.3. The summed E-state index contributed by atoms with van der Waals surface area (Å²) in [5, 5.41) is 24.7. The predicted octanol–water partition coefficient (Wildman–Crippen LogP) is 3.44.